The molecule has 3 aromatic rings. The molecular weight excluding hydrogens is 459 g/mol. The van der Waals surface area contributed by atoms with Gasteiger partial charge in [-0.2, -0.15) is 0 Å². The van der Waals surface area contributed by atoms with Crippen molar-refractivity contribution < 1.29 is 23.1 Å². The van der Waals surface area contributed by atoms with Gasteiger partial charge in [-0.3, -0.25) is 9.59 Å². The van der Waals surface area contributed by atoms with Crippen molar-refractivity contribution in [3.63, 3.8) is 0 Å². The van der Waals surface area contributed by atoms with Crippen molar-refractivity contribution in [1.29, 1.82) is 0 Å². The van der Waals surface area contributed by atoms with E-state index >= 15 is 0 Å². The first-order valence-corrected chi connectivity index (χ1v) is 12.5. The summed E-state index contributed by atoms with van der Waals surface area (Å²) in [6.45, 7) is 7.38. The highest BCUT2D eigenvalue weighted by Crippen LogP contribution is 2.37. The molecule has 1 atom stereocenters. The van der Waals surface area contributed by atoms with Crippen LogP contribution in [0.25, 0.3) is 0 Å². The van der Waals surface area contributed by atoms with Crippen LogP contribution in [0.15, 0.2) is 59.0 Å². The molecule has 0 radical (unpaired) electrons. The minimum absolute atomic E-state index is 0.0241. The van der Waals surface area contributed by atoms with Crippen LogP contribution in [0.3, 0.4) is 0 Å². The van der Waals surface area contributed by atoms with E-state index in [1.165, 1.54) is 12.1 Å². The summed E-state index contributed by atoms with van der Waals surface area (Å²) in [5.74, 6) is 1.35. The lowest BCUT2D eigenvalue weighted by Gasteiger charge is -2.38. The van der Waals surface area contributed by atoms with Crippen LogP contribution in [-0.4, -0.2) is 29.8 Å². The normalized spacial score (nSPS) is 15.0. The zero-order valence-electron chi connectivity index (χ0n) is 21.1. The molecule has 2 aromatic carbocycles. The van der Waals surface area contributed by atoms with Crippen LogP contribution in [-0.2, 0) is 17.8 Å². The van der Waals surface area contributed by atoms with Crippen LogP contribution in [0.5, 0.6) is 5.75 Å². The Morgan fingerprint density at radius 2 is 2.00 bits per heavy atom. The molecule has 0 bridgehead atoms. The van der Waals surface area contributed by atoms with Gasteiger partial charge in [0.25, 0.3) is 5.91 Å². The van der Waals surface area contributed by atoms with Crippen LogP contribution < -0.4 is 10.1 Å². The number of nitrogens with one attached hydrogen (secondary N) is 1. The van der Waals surface area contributed by atoms with Crippen molar-refractivity contribution >= 4 is 11.8 Å². The second kappa shape index (κ2) is 11.4. The molecule has 2 amide bonds. The molecule has 0 spiro atoms. The fourth-order valence-electron chi connectivity index (χ4n) is 4.48. The van der Waals surface area contributed by atoms with Crippen LogP contribution in [0.2, 0.25) is 0 Å². The summed E-state index contributed by atoms with van der Waals surface area (Å²) in [7, 11) is 0. The average Bonchev–Trinajstić information content (AvgIpc) is 3.35. The van der Waals surface area contributed by atoms with Crippen LogP contribution in [0.1, 0.15) is 72.7 Å². The van der Waals surface area contributed by atoms with E-state index in [2.05, 4.69) is 19.2 Å². The molecule has 1 N–H and O–H groups in total. The molecule has 1 unspecified atom stereocenters. The van der Waals surface area contributed by atoms with Gasteiger partial charge in [-0.15, -0.1) is 0 Å². The Kier molecular flexibility index (Phi) is 8.08. The van der Waals surface area contributed by atoms with E-state index in [1.54, 1.807) is 18.2 Å². The Balaban J connectivity index is 1.50. The maximum absolute atomic E-state index is 14.1. The van der Waals surface area contributed by atoms with Crippen molar-refractivity contribution in [2.45, 2.75) is 52.7 Å². The molecule has 7 heteroatoms. The highest BCUT2D eigenvalue weighted by Gasteiger charge is 2.32. The number of benzene rings is 2. The number of carbonyl (C=O) groups excluding carboxylic acids is 2. The predicted octanol–water partition coefficient (Wildman–Crippen LogP) is 5.66. The van der Waals surface area contributed by atoms with Gasteiger partial charge in [-0.1, -0.05) is 39.0 Å². The molecule has 4 rings (SSSR count). The Morgan fingerprint density at radius 1 is 1.17 bits per heavy atom. The van der Waals surface area contributed by atoms with E-state index in [-0.39, 0.29) is 36.0 Å². The predicted molar refractivity (Wildman–Crippen MR) is 135 cm³/mol. The summed E-state index contributed by atoms with van der Waals surface area (Å²) in [6.07, 6.45) is 2.00. The fourth-order valence-corrected chi connectivity index (χ4v) is 4.48. The Hall–Kier alpha value is -3.61. The van der Waals surface area contributed by atoms with Gasteiger partial charge in [-0.05, 0) is 71.8 Å². The maximum atomic E-state index is 14.1. The average molecular weight is 493 g/mol. The summed E-state index contributed by atoms with van der Waals surface area (Å²) in [5, 5.41) is 2.86. The van der Waals surface area contributed by atoms with Gasteiger partial charge in [0.1, 0.15) is 23.9 Å². The summed E-state index contributed by atoms with van der Waals surface area (Å²) in [5.41, 5.74) is 2.76. The Morgan fingerprint density at radius 3 is 2.75 bits per heavy atom. The number of hydrogen-bond donors (Lipinski definition) is 1. The van der Waals surface area contributed by atoms with Crippen molar-refractivity contribution in [3.05, 3.63) is 88.6 Å². The first kappa shape index (κ1) is 25.5. The summed E-state index contributed by atoms with van der Waals surface area (Å²) in [6, 6.07) is 15.2. The first-order chi connectivity index (χ1) is 17.4. The number of furan rings is 1. The minimum atomic E-state index is -0.384. The smallest absolute Gasteiger partial charge is 0.286 e. The number of rotatable bonds is 9. The van der Waals surface area contributed by atoms with Crippen LogP contribution >= 0.6 is 0 Å². The maximum Gasteiger partial charge on any atom is 0.286 e. The second-order valence-corrected chi connectivity index (χ2v) is 9.50. The van der Waals surface area contributed by atoms with E-state index < -0.39 is 0 Å². The van der Waals surface area contributed by atoms with Gasteiger partial charge in [0, 0.05) is 19.5 Å². The molecule has 0 fully saturated rings. The third-order valence-electron chi connectivity index (χ3n) is 6.41. The Labute approximate surface area is 211 Å². The molecule has 6 nitrogen and oxygen atoms in total. The van der Waals surface area contributed by atoms with E-state index in [0.29, 0.717) is 36.9 Å². The zero-order chi connectivity index (χ0) is 25.7. The number of ether oxygens (including phenoxy) is 1. The van der Waals surface area contributed by atoms with Crippen LogP contribution in [0.4, 0.5) is 4.39 Å². The number of fused-ring (bicyclic) bond motifs is 1. The molecule has 0 aliphatic carbocycles. The first-order valence-electron chi connectivity index (χ1n) is 12.5. The zero-order valence-corrected chi connectivity index (χ0v) is 21.1. The molecule has 0 saturated heterocycles. The molecule has 190 valence electrons. The molecular formula is C29H33FN2O4. The lowest BCUT2D eigenvalue weighted by atomic mass is 9.87. The van der Waals surface area contributed by atoms with Crippen molar-refractivity contribution in [2.75, 3.05) is 13.1 Å². The number of nitrogens with zero attached hydrogens (tertiary/aromatic N) is 1. The number of amides is 2. The molecule has 0 saturated carbocycles. The summed E-state index contributed by atoms with van der Waals surface area (Å²) < 4.78 is 25.8. The highest BCUT2D eigenvalue weighted by atomic mass is 19.1. The van der Waals surface area contributed by atoms with E-state index in [1.807, 2.05) is 36.1 Å². The summed E-state index contributed by atoms with van der Waals surface area (Å²) in [4.78, 5) is 26.8. The monoisotopic (exact) mass is 492 g/mol. The molecule has 1 aliphatic rings. The van der Waals surface area contributed by atoms with Gasteiger partial charge in [0.15, 0.2) is 5.76 Å². The van der Waals surface area contributed by atoms with E-state index in [9.17, 15) is 14.0 Å². The van der Waals surface area contributed by atoms with E-state index in [4.69, 9.17) is 9.15 Å². The highest BCUT2D eigenvalue weighted by molar-refractivity contribution is 5.91. The van der Waals surface area contributed by atoms with Crippen LogP contribution in [0, 0.1) is 11.7 Å². The van der Waals surface area contributed by atoms with Gasteiger partial charge >= 0.3 is 0 Å². The van der Waals surface area contributed by atoms with Gasteiger partial charge < -0.3 is 19.4 Å². The molecule has 2 heterocycles. The van der Waals surface area contributed by atoms with Crippen molar-refractivity contribution in [2.24, 2.45) is 5.92 Å². The van der Waals surface area contributed by atoms with E-state index in [0.717, 1.165) is 29.5 Å². The standard InChI is InChI=1S/C29H33FN2O4/c1-4-27(33)32-15-13-20-8-9-23(17-25(20)28(32)21-6-5-7-22(30)16-21)35-18-24-10-11-26(36-24)29(34)31-14-12-19(2)3/h5-11,16-17,19,28H,4,12-15,18H2,1-3H3,(H,31,34). The number of hydrogen-bond acceptors (Lipinski definition) is 4. The van der Waals surface area contributed by atoms with Gasteiger partial charge in [-0.25, -0.2) is 4.39 Å². The topological polar surface area (TPSA) is 71.8 Å². The largest absolute Gasteiger partial charge is 0.486 e. The minimum Gasteiger partial charge on any atom is -0.486 e. The van der Waals surface area contributed by atoms with Crippen molar-refractivity contribution in [1.82, 2.24) is 10.2 Å². The third-order valence-corrected chi connectivity index (χ3v) is 6.41. The number of carbonyl (C=O) groups is 2. The molecule has 1 aliphatic heterocycles. The van der Waals surface area contributed by atoms with Gasteiger partial charge in [0.2, 0.25) is 5.91 Å². The summed E-state index contributed by atoms with van der Waals surface area (Å²) >= 11 is 0. The lowest BCUT2D eigenvalue weighted by Crippen LogP contribution is -2.40. The number of halogens is 1. The SMILES string of the molecule is CCC(=O)N1CCc2ccc(OCc3ccc(C(=O)NCCC(C)C)o3)cc2C1c1cccc(F)c1. The Bertz CT molecular complexity index is 1220. The third kappa shape index (κ3) is 5.96. The van der Waals surface area contributed by atoms with Crippen molar-refractivity contribution in [3.8, 4) is 5.75 Å². The van der Waals surface area contributed by atoms with Gasteiger partial charge in [0.05, 0.1) is 6.04 Å². The molecule has 1 aromatic heterocycles. The lowest BCUT2D eigenvalue weighted by molar-refractivity contribution is -0.132. The quantitative estimate of drug-likeness (QED) is 0.419. The second-order valence-electron chi connectivity index (χ2n) is 9.50. The molecule has 36 heavy (non-hydrogen) atoms. The fraction of sp³-hybridized carbons (Fsp3) is 0.379.